The summed E-state index contributed by atoms with van der Waals surface area (Å²) in [6, 6.07) is 22.9. The molecule has 5 rings (SSSR count). The van der Waals surface area contributed by atoms with Gasteiger partial charge in [-0.05, 0) is 49.2 Å². The first-order chi connectivity index (χ1) is 15.8. The summed E-state index contributed by atoms with van der Waals surface area (Å²) < 4.78 is 4.62. The van der Waals surface area contributed by atoms with E-state index in [1.807, 2.05) is 12.1 Å². The SMILES string of the molecule is CCCCn1c(-c2cccc(-c3nc4ccccc4n3CCCC)n2)nc2ccccc21.[Cl-].[Cl-].[Cl-].[Co+3]. The summed E-state index contributed by atoms with van der Waals surface area (Å²) in [6.45, 7) is 6.32. The van der Waals surface area contributed by atoms with Gasteiger partial charge in [0.1, 0.15) is 11.4 Å². The molecule has 0 aliphatic heterocycles. The summed E-state index contributed by atoms with van der Waals surface area (Å²) in [5.74, 6) is 1.86. The second-order valence-corrected chi connectivity index (χ2v) is 8.27. The van der Waals surface area contributed by atoms with E-state index in [-0.39, 0.29) is 54.0 Å². The van der Waals surface area contributed by atoms with E-state index in [9.17, 15) is 0 Å². The number of unbranched alkanes of at least 4 members (excludes halogenated alkanes) is 2. The average Bonchev–Trinajstić information content (AvgIpc) is 3.40. The summed E-state index contributed by atoms with van der Waals surface area (Å²) in [7, 11) is 0. The summed E-state index contributed by atoms with van der Waals surface area (Å²) >= 11 is 0. The standard InChI is InChI=1S/C27H29N5.3ClH.Co/c1-3-5-18-31-24-16-9-7-12-20(24)29-26(31)22-14-11-15-23(28-22)27-30-21-13-8-10-17-25(21)32(27)19-6-4-2;;;;/h7-17H,3-6,18-19H2,1-2H3;3*1H;/q;;;;+3/p-3. The van der Waals surface area contributed by atoms with Gasteiger partial charge in [-0.2, -0.15) is 0 Å². The number of fused-ring (bicyclic) bond motifs is 2. The van der Waals surface area contributed by atoms with Crippen LogP contribution in [0.25, 0.3) is 45.1 Å². The molecule has 2 aromatic carbocycles. The van der Waals surface area contributed by atoms with Gasteiger partial charge in [0.05, 0.1) is 22.1 Å². The van der Waals surface area contributed by atoms with Crippen LogP contribution in [-0.4, -0.2) is 24.1 Å². The molecule has 0 aliphatic carbocycles. The van der Waals surface area contributed by atoms with Gasteiger partial charge in [-0.25, -0.2) is 15.0 Å². The van der Waals surface area contributed by atoms with Gasteiger partial charge in [-0.15, -0.1) is 0 Å². The minimum Gasteiger partial charge on any atom is -1.00 e. The van der Waals surface area contributed by atoms with Gasteiger partial charge in [0.25, 0.3) is 0 Å². The molecule has 0 radical (unpaired) electrons. The molecular weight excluding hydrogens is 560 g/mol. The second-order valence-electron chi connectivity index (χ2n) is 8.27. The molecular formula is C27H29Cl3CoN5. The van der Waals surface area contributed by atoms with E-state index in [1.54, 1.807) is 0 Å². The maximum absolute atomic E-state index is 5.07. The van der Waals surface area contributed by atoms with Crippen molar-refractivity contribution in [3.63, 3.8) is 0 Å². The quantitative estimate of drug-likeness (QED) is 0.206. The first kappa shape index (κ1) is 31.9. The number of hydrogen-bond acceptors (Lipinski definition) is 3. The predicted molar refractivity (Wildman–Crippen MR) is 132 cm³/mol. The van der Waals surface area contributed by atoms with Crippen molar-refractivity contribution in [1.82, 2.24) is 24.1 Å². The monoisotopic (exact) mass is 587 g/mol. The summed E-state index contributed by atoms with van der Waals surface area (Å²) in [6.07, 6.45) is 4.50. The van der Waals surface area contributed by atoms with Gasteiger partial charge in [0.2, 0.25) is 0 Å². The van der Waals surface area contributed by atoms with Crippen molar-refractivity contribution in [3.05, 3.63) is 66.7 Å². The van der Waals surface area contributed by atoms with Crippen molar-refractivity contribution in [2.75, 3.05) is 0 Å². The molecule has 36 heavy (non-hydrogen) atoms. The first-order valence-electron chi connectivity index (χ1n) is 11.7. The Kier molecular flexibility index (Phi) is 12.9. The average molecular weight is 589 g/mol. The molecule has 0 N–H and O–H groups in total. The van der Waals surface area contributed by atoms with Crippen molar-refractivity contribution in [3.8, 4) is 23.0 Å². The molecule has 0 spiro atoms. The van der Waals surface area contributed by atoms with Crippen LogP contribution in [0.15, 0.2) is 66.7 Å². The van der Waals surface area contributed by atoms with Crippen LogP contribution >= 0.6 is 0 Å². The number of hydrogen-bond donors (Lipinski definition) is 0. The third-order valence-electron chi connectivity index (χ3n) is 5.99. The number of aromatic nitrogens is 5. The molecule has 0 unspecified atom stereocenters. The molecule has 0 aliphatic rings. The van der Waals surface area contributed by atoms with E-state index in [0.717, 1.165) is 72.8 Å². The Hall–Kier alpha value is -2.09. The number of benzene rings is 2. The van der Waals surface area contributed by atoms with Crippen LogP contribution in [0.4, 0.5) is 0 Å². The maximum atomic E-state index is 5.07. The zero-order chi connectivity index (χ0) is 21.9. The summed E-state index contributed by atoms with van der Waals surface area (Å²) in [4.78, 5) is 15.0. The van der Waals surface area contributed by atoms with Gasteiger partial charge in [-0.3, -0.25) is 0 Å². The van der Waals surface area contributed by atoms with Crippen LogP contribution in [-0.2, 0) is 29.9 Å². The van der Waals surface area contributed by atoms with E-state index < -0.39 is 0 Å². The van der Waals surface area contributed by atoms with Gasteiger partial charge in [0, 0.05) is 13.1 Å². The van der Waals surface area contributed by atoms with Crippen molar-refractivity contribution >= 4 is 22.1 Å². The minimum atomic E-state index is 0. The fraction of sp³-hybridized carbons (Fsp3) is 0.296. The van der Waals surface area contributed by atoms with E-state index >= 15 is 0 Å². The Labute approximate surface area is 241 Å². The van der Waals surface area contributed by atoms with Crippen molar-refractivity contribution in [1.29, 1.82) is 0 Å². The van der Waals surface area contributed by atoms with Crippen molar-refractivity contribution < 1.29 is 54.0 Å². The van der Waals surface area contributed by atoms with Crippen LogP contribution in [0, 0.1) is 0 Å². The van der Waals surface area contributed by atoms with Gasteiger partial charge < -0.3 is 46.4 Å². The van der Waals surface area contributed by atoms with Crippen LogP contribution in [0.5, 0.6) is 0 Å². The van der Waals surface area contributed by atoms with Gasteiger partial charge >= 0.3 is 16.8 Å². The first-order valence-corrected chi connectivity index (χ1v) is 11.7. The van der Waals surface area contributed by atoms with E-state index in [2.05, 4.69) is 77.6 Å². The number of pyridine rings is 1. The maximum Gasteiger partial charge on any atom is 3.00 e. The van der Waals surface area contributed by atoms with E-state index in [1.165, 1.54) is 11.0 Å². The predicted octanol–water partition coefficient (Wildman–Crippen LogP) is -2.28. The van der Waals surface area contributed by atoms with Crippen LogP contribution in [0.1, 0.15) is 39.5 Å². The Morgan fingerprint density at radius 2 is 0.972 bits per heavy atom. The Balaban J connectivity index is 0.00000162. The van der Waals surface area contributed by atoms with Crippen molar-refractivity contribution in [2.45, 2.75) is 52.6 Å². The number of halogens is 3. The summed E-state index contributed by atoms with van der Waals surface area (Å²) in [5.41, 5.74) is 6.14. The second kappa shape index (κ2) is 14.6. The van der Waals surface area contributed by atoms with Crippen molar-refractivity contribution in [2.24, 2.45) is 0 Å². The smallest absolute Gasteiger partial charge is 1.00 e. The molecule has 192 valence electrons. The van der Waals surface area contributed by atoms with Crippen LogP contribution in [0.2, 0.25) is 0 Å². The summed E-state index contributed by atoms with van der Waals surface area (Å²) in [5, 5.41) is 0. The third kappa shape index (κ3) is 6.24. The molecule has 0 bridgehead atoms. The molecule has 0 saturated carbocycles. The fourth-order valence-electron chi connectivity index (χ4n) is 4.31. The molecule has 0 amide bonds. The number of para-hydroxylation sites is 4. The number of aryl methyl sites for hydroxylation is 2. The molecule has 0 saturated heterocycles. The molecule has 0 fully saturated rings. The number of imidazole rings is 2. The van der Waals surface area contributed by atoms with Gasteiger partial charge in [0.15, 0.2) is 11.6 Å². The number of rotatable bonds is 8. The zero-order valence-corrected chi connectivity index (χ0v) is 23.6. The fourth-order valence-corrected chi connectivity index (χ4v) is 4.31. The molecule has 3 aromatic heterocycles. The molecule has 3 heterocycles. The van der Waals surface area contributed by atoms with Gasteiger partial charge in [-0.1, -0.05) is 57.0 Å². The topological polar surface area (TPSA) is 48.5 Å². The Bertz CT molecular complexity index is 1280. The van der Waals surface area contributed by atoms with E-state index in [0.29, 0.717) is 0 Å². The largest absolute Gasteiger partial charge is 3.00 e. The van der Waals surface area contributed by atoms with Crippen LogP contribution < -0.4 is 37.2 Å². The minimum absolute atomic E-state index is 0. The Morgan fingerprint density at radius 3 is 1.39 bits per heavy atom. The normalized spacial score (nSPS) is 10.3. The van der Waals surface area contributed by atoms with Crippen LogP contribution in [0.3, 0.4) is 0 Å². The molecule has 5 nitrogen and oxygen atoms in total. The molecule has 9 heteroatoms. The Morgan fingerprint density at radius 1 is 0.556 bits per heavy atom. The van der Waals surface area contributed by atoms with E-state index in [4.69, 9.17) is 15.0 Å². The molecule has 5 aromatic rings. The number of nitrogens with zero attached hydrogens (tertiary/aromatic N) is 5. The molecule has 0 atom stereocenters. The third-order valence-corrected chi connectivity index (χ3v) is 5.99. The zero-order valence-electron chi connectivity index (χ0n) is 20.3.